The maximum Gasteiger partial charge on any atom is 0.422 e. The van der Waals surface area contributed by atoms with E-state index >= 15 is 0 Å². The molecule has 170 valence electrons. The van der Waals surface area contributed by atoms with Crippen LogP contribution in [0.5, 0.6) is 0 Å². The highest BCUT2D eigenvalue weighted by atomic mass is 19.4. The SMILES string of the molecule is CCC[C@H]1CC[C@H](C=CC#C[C@H]2CC[C@H](c3cc(F)c(C(F)(F)F)c(F)c3)CC2)CC1. The predicted octanol–water partition coefficient (Wildman–Crippen LogP) is 8.42. The van der Waals surface area contributed by atoms with Gasteiger partial charge in [0.05, 0.1) is 0 Å². The minimum absolute atomic E-state index is 0.127. The summed E-state index contributed by atoms with van der Waals surface area (Å²) in [6, 6.07) is 1.70. The van der Waals surface area contributed by atoms with Gasteiger partial charge in [-0.2, -0.15) is 13.2 Å². The second-order valence-corrected chi connectivity index (χ2v) is 9.12. The first-order valence-electron chi connectivity index (χ1n) is 11.5. The molecule has 2 fully saturated rings. The fourth-order valence-electron chi connectivity index (χ4n) is 5.10. The summed E-state index contributed by atoms with van der Waals surface area (Å²) in [5.41, 5.74) is -1.49. The standard InChI is InChI=1S/C26H31F5/c1-2-5-18-8-10-19(11-9-18)6-3-4-7-20-12-14-21(15-13-20)22-16-23(27)25(24(28)17-22)26(29,30)31/h3,6,16-21H,2,5,8-15H2,1H3/t18-,19-,20-,21-. The summed E-state index contributed by atoms with van der Waals surface area (Å²) in [7, 11) is 0. The largest absolute Gasteiger partial charge is 0.422 e. The van der Waals surface area contributed by atoms with Crippen LogP contribution in [0, 0.1) is 41.2 Å². The van der Waals surface area contributed by atoms with E-state index in [1.807, 2.05) is 6.08 Å². The van der Waals surface area contributed by atoms with E-state index in [4.69, 9.17) is 0 Å². The van der Waals surface area contributed by atoms with E-state index in [2.05, 4.69) is 24.8 Å². The zero-order chi connectivity index (χ0) is 22.4. The third-order valence-electron chi connectivity index (χ3n) is 6.87. The molecule has 0 amide bonds. The Labute approximate surface area is 182 Å². The van der Waals surface area contributed by atoms with Crippen molar-refractivity contribution in [3.8, 4) is 11.8 Å². The molecule has 5 heteroatoms. The fourth-order valence-corrected chi connectivity index (χ4v) is 5.10. The van der Waals surface area contributed by atoms with Crippen LogP contribution in [-0.2, 0) is 6.18 Å². The first-order valence-corrected chi connectivity index (χ1v) is 11.5. The van der Waals surface area contributed by atoms with Crippen LogP contribution in [0.4, 0.5) is 22.0 Å². The lowest BCUT2D eigenvalue weighted by Crippen LogP contribution is -2.15. The van der Waals surface area contributed by atoms with Crippen molar-refractivity contribution in [3.05, 3.63) is 47.0 Å². The molecule has 0 bridgehead atoms. The lowest BCUT2D eigenvalue weighted by Gasteiger charge is -2.26. The second-order valence-electron chi connectivity index (χ2n) is 9.12. The van der Waals surface area contributed by atoms with Crippen molar-refractivity contribution in [3.63, 3.8) is 0 Å². The fraction of sp³-hybridized carbons (Fsp3) is 0.615. The summed E-state index contributed by atoms with van der Waals surface area (Å²) in [5.74, 6) is 5.00. The summed E-state index contributed by atoms with van der Waals surface area (Å²) in [6.07, 6.45) is 9.82. The summed E-state index contributed by atoms with van der Waals surface area (Å²) in [6.45, 7) is 2.25. The van der Waals surface area contributed by atoms with E-state index < -0.39 is 23.4 Å². The van der Waals surface area contributed by atoms with Gasteiger partial charge in [-0.15, -0.1) is 0 Å². The van der Waals surface area contributed by atoms with Crippen molar-refractivity contribution in [1.29, 1.82) is 0 Å². The molecular formula is C26H31F5. The lowest BCUT2D eigenvalue weighted by molar-refractivity contribution is -0.142. The lowest BCUT2D eigenvalue weighted by atomic mass is 9.78. The number of halogens is 5. The molecule has 2 aliphatic rings. The third kappa shape index (κ3) is 6.57. The Morgan fingerprint density at radius 3 is 2.10 bits per heavy atom. The number of allylic oxidation sites excluding steroid dienone is 2. The van der Waals surface area contributed by atoms with Crippen LogP contribution >= 0.6 is 0 Å². The normalized spacial score (nSPS) is 27.2. The van der Waals surface area contributed by atoms with E-state index in [9.17, 15) is 22.0 Å². The van der Waals surface area contributed by atoms with Gasteiger partial charge in [0.25, 0.3) is 0 Å². The van der Waals surface area contributed by atoms with Crippen LogP contribution in [0.25, 0.3) is 0 Å². The topological polar surface area (TPSA) is 0 Å². The van der Waals surface area contributed by atoms with Crippen LogP contribution in [0.2, 0.25) is 0 Å². The van der Waals surface area contributed by atoms with Gasteiger partial charge in [0, 0.05) is 5.92 Å². The van der Waals surface area contributed by atoms with Gasteiger partial charge in [-0.1, -0.05) is 37.7 Å². The van der Waals surface area contributed by atoms with E-state index in [-0.39, 0.29) is 11.8 Å². The molecule has 2 saturated carbocycles. The third-order valence-corrected chi connectivity index (χ3v) is 6.87. The second kappa shape index (κ2) is 10.7. The molecule has 0 saturated heterocycles. The molecular weight excluding hydrogens is 407 g/mol. The van der Waals surface area contributed by atoms with Crippen LogP contribution in [0.3, 0.4) is 0 Å². The van der Waals surface area contributed by atoms with Gasteiger partial charge in [0.1, 0.15) is 17.2 Å². The molecule has 0 spiro atoms. The van der Waals surface area contributed by atoms with Gasteiger partial charge in [-0.05, 0) is 92.9 Å². The maximum atomic E-state index is 13.9. The Hall–Kier alpha value is -1.83. The molecule has 0 atom stereocenters. The number of alkyl halides is 3. The van der Waals surface area contributed by atoms with Gasteiger partial charge >= 0.3 is 6.18 Å². The minimum atomic E-state index is -5.03. The van der Waals surface area contributed by atoms with Crippen molar-refractivity contribution in [2.24, 2.45) is 17.8 Å². The van der Waals surface area contributed by atoms with Crippen molar-refractivity contribution >= 4 is 0 Å². The molecule has 0 N–H and O–H groups in total. The molecule has 0 aromatic heterocycles. The van der Waals surface area contributed by atoms with E-state index in [0.29, 0.717) is 24.3 Å². The molecule has 0 heterocycles. The molecule has 2 aliphatic carbocycles. The van der Waals surface area contributed by atoms with Crippen molar-refractivity contribution in [2.75, 3.05) is 0 Å². The zero-order valence-electron chi connectivity index (χ0n) is 18.1. The van der Waals surface area contributed by atoms with Gasteiger partial charge in [-0.3, -0.25) is 0 Å². The van der Waals surface area contributed by atoms with Gasteiger partial charge in [-0.25, -0.2) is 8.78 Å². The Morgan fingerprint density at radius 2 is 1.55 bits per heavy atom. The quantitative estimate of drug-likeness (QED) is 0.327. The number of hydrogen-bond acceptors (Lipinski definition) is 0. The molecule has 0 unspecified atom stereocenters. The number of benzene rings is 1. The Morgan fingerprint density at radius 1 is 0.935 bits per heavy atom. The molecule has 0 radical (unpaired) electrons. The van der Waals surface area contributed by atoms with Crippen LogP contribution in [0.1, 0.15) is 88.2 Å². The van der Waals surface area contributed by atoms with Crippen molar-refractivity contribution < 1.29 is 22.0 Å². The maximum absolute atomic E-state index is 13.9. The summed E-state index contributed by atoms with van der Waals surface area (Å²) < 4.78 is 66.0. The molecule has 3 rings (SSSR count). The van der Waals surface area contributed by atoms with Crippen molar-refractivity contribution in [1.82, 2.24) is 0 Å². The molecule has 31 heavy (non-hydrogen) atoms. The van der Waals surface area contributed by atoms with Gasteiger partial charge in [0.15, 0.2) is 0 Å². The first-order chi connectivity index (χ1) is 14.8. The highest BCUT2D eigenvalue weighted by Gasteiger charge is 2.38. The van der Waals surface area contributed by atoms with Gasteiger partial charge in [0.2, 0.25) is 0 Å². The van der Waals surface area contributed by atoms with Crippen molar-refractivity contribution in [2.45, 2.75) is 83.2 Å². The van der Waals surface area contributed by atoms with E-state index in [0.717, 1.165) is 30.9 Å². The predicted molar refractivity (Wildman–Crippen MR) is 113 cm³/mol. The average molecular weight is 439 g/mol. The highest BCUT2D eigenvalue weighted by Crippen LogP contribution is 2.39. The zero-order valence-corrected chi connectivity index (χ0v) is 18.1. The van der Waals surface area contributed by atoms with Crippen LogP contribution in [-0.4, -0.2) is 0 Å². The molecule has 0 nitrogen and oxygen atoms in total. The Balaban J connectivity index is 1.49. The van der Waals surface area contributed by atoms with Crippen LogP contribution in [0.15, 0.2) is 24.3 Å². The first kappa shape index (κ1) is 23.8. The molecule has 1 aromatic rings. The Bertz CT molecular complexity index is 787. The van der Waals surface area contributed by atoms with Crippen LogP contribution < -0.4 is 0 Å². The van der Waals surface area contributed by atoms with E-state index in [1.165, 1.54) is 38.5 Å². The molecule has 0 aliphatic heterocycles. The summed E-state index contributed by atoms with van der Waals surface area (Å²) in [5, 5.41) is 0. The summed E-state index contributed by atoms with van der Waals surface area (Å²) >= 11 is 0. The Kier molecular flexibility index (Phi) is 8.19. The number of rotatable bonds is 4. The average Bonchev–Trinajstić information content (AvgIpc) is 2.71. The van der Waals surface area contributed by atoms with Gasteiger partial charge < -0.3 is 0 Å². The van der Waals surface area contributed by atoms with E-state index in [1.54, 1.807) is 0 Å². The highest BCUT2D eigenvalue weighted by molar-refractivity contribution is 5.31. The minimum Gasteiger partial charge on any atom is -0.206 e. The smallest absolute Gasteiger partial charge is 0.206 e. The monoisotopic (exact) mass is 438 g/mol. The molecule has 1 aromatic carbocycles. The summed E-state index contributed by atoms with van der Waals surface area (Å²) in [4.78, 5) is 0. The number of hydrogen-bond donors (Lipinski definition) is 0.